The molecular formula is C19H18N2O5S. The summed E-state index contributed by atoms with van der Waals surface area (Å²) in [5.74, 6) is -0.451. The average Bonchev–Trinajstić information content (AvgIpc) is 3.08. The Balaban J connectivity index is 1.47. The van der Waals surface area contributed by atoms with E-state index in [0.717, 1.165) is 22.8 Å². The summed E-state index contributed by atoms with van der Waals surface area (Å²) in [7, 11) is 1.52. The van der Waals surface area contributed by atoms with E-state index in [2.05, 4.69) is 10.3 Å². The normalized spacial score (nSPS) is 10.6. The molecule has 7 nitrogen and oxygen atoms in total. The van der Waals surface area contributed by atoms with Gasteiger partial charge in [0.25, 0.3) is 11.1 Å². The van der Waals surface area contributed by atoms with Gasteiger partial charge in [-0.1, -0.05) is 30.0 Å². The molecule has 27 heavy (non-hydrogen) atoms. The predicted molar refractivity (Wildman–Crippen MR) is 102 cm³/mol. The molecule has 1 heterocycles. The van der Waals surface area contributed by atoms with E-state index in [1.165, 1.54) is 7.11 Å². The number of rotatable bonds is 7. The van der Waals surface area contributed by atoms with E-state index in [9.17, 15) is 9.59 Å². The summed E-state index contributed by atoms with van der Waals surface area (Å²) < 4.78 is 15.7. The molecule has 0 unspecified atom stereocenters. The highest BCUT2D eigenvalue weighted by Crippen LogP contribution is 2.25. The Bertz CT molecular complexity index is 937. The molecule has 1 aromatic heterocycles. The van der Waals surface area contributed by atoms with Gasteiger partial charge in [-0.25, -0.2) is 4.98 Å². The molecule has 0 radical (unpaired) electrons. The Labute approximate surface area is 160 Å². The molecule has 0 spiro atoms. The molecule has 0 atom stereocenters. The number of ether oxygens (including phenoxy) is 2. The molecule has 1 N–H and O–H groups in total. The SMILES string of the molecule is COc1ccc(C)cc1NC(=O)COC(=O)CSc1nc2ccccc2o1. The number of carbonyl (C=O) groups is 2. The van der Waals surface area contributed by atoms with E-state index in [-0.39, 0.29) is 12.4 Å². The molecule has 1 amide bonds. The lowest BCUT2D eigenvalue weighted by Gasteiger charge is -2.11. The van der Waals surface area contributed by atoms with Crippen molar-refractivity contribution in [2.24, 2.45) is 0 Å². The van der Waals surface area contributed by atoms with Crippen LogP contribution in [0.1, 0.15) is 5.56 Å². The number of methoxy groups -OCH3 is 1. The number of benzene rings is 2. The number of para-hydroxylation sites is 2. The highest BCUT2D eigenvalue weighted by Gasteiger charge is 2.13. The van der Waals surface area contributed by atoms with Gasteiger partial charge in [0.05, 0.1) is 12.8 Å². The fourth-order valence-corrected chi connectivity index (χ4v) is 2.96. The number of fused-ring (bicyclic) bond motifs is 1. The van der Waals surface area contributed by atoms with Crippen LogP contribution in [0.5, 0.6) is 5.75 Å². The topological polar surface area (TPSA) is 90.7 Å². The quantitative estimate of drug-likeness (QED) is 0.491. The largest absolute Gasteiger partial charge is 0.495 e. The van der Waals surface area contributed by atoms with Gasteiger partial charge in [-0.15, -0.1) is 0 Å². The molecule has 0 saturated heterocycles. The maximum Gasteiger partial charge on any atom is 0.316 e. The van der Waals surface area contributed by atoms with Gasteiger partial charge in [-0.2, -0.15) is 0 Å². The summed E-state index contributed by atoms with van der Waals surface area (Å²) in [5.41, 5.74) is 2.87. The lowest BCUT2D eigenvalue weighted by Crippen LogP contribution is -2.22. The summed E-state index contributed by atoms with van der Waals surface area (Å²) in [5, 5.41) is 3.05. The van der Waals surface area contributed by atoms with Gasteiger partial charge in [0.15, 0.2) is 12.2 Å². The summed E-state index contributed by atoms with van der Waals surface area (Å²) in [6.07, 6.45) is 0. The summed E-state index contributed by atoms with van der Waals surface area (Å²) >= 11 is 1.11. The summed E-state index contributed by atoms with van der Waals surface area (Å²) in [4.78, 5) is 28.1. The third kappa shape index (κ3) is 5.01. The molecule has 2 aromatic carbocycles. The number of aryl methyl sites for hydroxylation is 1. The first-order valence-corrected chi connectivity index (χ1v) is 9.12. The van der Waals surface area contributed by atoms with Gasteiger partial charge in [-0.05, 0) is 36.8 Å². The third-order valence-electron chi connectivity index (χ3n) is 3.58. The molecule has 0 saturated carbocycles. The van der Waals surface area contributed by atoms with Crippen LogP contribution in [0.2, 0.25) is 0 Å². The van der Waals surface area contributed by atoms with E-state index in [0.29, 0.717) is 22.2 Å². The monoisotopic (exact) mass is 386 g/mol. The zero-order valence-electron chi connectivity index (χ0n) is 14.9. The summed E-state index contributed by atoms with van der Waals surface area (Å²) in [6.45, 7) is 1.52. The number of carbonyl (C=O) groups excluding carboxylic acids is 2. The standard InChI is InChI=1S/C19H18N2O5S/c1-12-7-8-15(24-2)14(9-12)20-17(22)10-25-18(23)11-27-19-21-13-5-3-4-6-16(13)26-19/h3-9H,10-11H2,1-2H3,(H,20,22). The van der Waals surface area contributed by atoms with E-state index in [1.807, 2.05) is 31.2 Å². The van der Waals surface area contributed by atoms with Crippen molar-refractivity contribution >= 4 is 40.4 Å². The molecule has 0 bridgehead atoms. The number of nitrogens with zero attached hydrogens (tertiary/aromatic N) is 1. The van der Waals surface area contributed by atoms with Gasteiger partial charge < -0.3 is 19.2 Å². The Hall–Kier alpha value is -3.00. The van der Waals surface area contributed by atoms with Crippen LogP contribution in [0.3, 0.4) is 0 Å². The van der Waals surface area contributed by atoms with Gasteiger partial charge in [0.2, 0.25) is 0 Å². The van der Waals surface area contributed by atoms with Crippen molar-refractivity contribution < 1.29 is 23.5 Å². The van der Waals surface area contributed by atoms with E-state index in [1.54, 1.807) is 18.2 Å². The van der Waals surface area contributed by atoms with Gasteiger partial charge in [-0.3, -0.25) is 9.59 Å². The number of amides is 1. The van der Waals surface area contributed by atoms with E-state index in [4.69, 9.17) is 13.9 Å². The van der Waals surface area contributed by atoms with Gasteiger partial charge in [0.1, 0.15) is 17.0 Å². The molecule has 0 aliphatic carbocycles. The molecular weight excluding hydrogens is 368 g/mol. The second-order valence-electron chi connectivity index (χ2n) is 5.65. The molecule has 3 rings (SSSR count). The number of anilines is 1. The van der Waals surface area contributed by atoms with Crippen LogP contribution < -0.4 is 10.1 Å². The van der Waals surface area contributed by atoms with Crippen LogP contribution in [-0.2, 0) is 14.3 Å². The van der Waals surface area contributed by atoms with Crippen LogP contribution in [0.4, 0.5) is 5.69 Å². The lowest BCUT2D eigenvalue weighted by molar-refractivity contribution is -0.144. The Morgan fingerprint density at radius 1 is 1.22 bits per heavy atom. The number of thioether (sulfide) groups is 1. The molecule has 140 valence electrons. The fraction of sp³-hybridized carbons (Fsp3) is 0.211. The Morgan fingerprint density at radius 2 is 2.04 bits per heavy atom. The van der Waals surface area contributed by atoms with Crippen LogP contribution in [-0.4, -0.2) is 36.3 Å². The number of nitrogens with one attached hydrogen (secondary N) is 1. The van der Waals surface area contributed by atoms with Crippen LogP contribution in [0.15, 0.2) is 52.1 Å². The van der Waals surface area contributed by atoms with Crippen LogP contribution in [0.25, 0.3) is 11.1 Å². The van der Waals surface area contributed by atoms with Gasteiger partial charge >= 0.3 is 5.97 Å². The Morgan fingerprint density at radius 3 is 2.81 bits per heavy atom. The predicted octanol–water partition coefficient (Wildman–Crippen LogP) is 3.42. The summed E-state index contributed by atoms with van der Waals surface area (Å²) in [6, 6.07) is 12.7. The van der Waals surface area contributed by atoms with Crippen LogP contribution in [0, 0.1) is 6.92 Å². The molecule has 0 aliphatic heterocycles. The second-order valence-corrected chi connectivity index (χ2v) is 6.58. The zero-order chi connectivity index (χ0) is 19.2. The van der Waals surface area contributed by atoms with E-state index >= 15 is 0 Å². The molecule has 0 aliphatic rings. The minimum absolute atomic E-state index is 0.00608. The minimum atomic E-state index is -0.534. The van der Waals surface area contributed by atoms with Crippen molar-refractivity contribution in [2.75, 3.05) is 24.8 Å². The van der Waals surface area contributed by atoms with Crippen molar-refractivity contribution in [1.29, 1.82) is 0 Å². The first kappa shape index (κ1) is 18.8. The van der Waals surface area contributed by atoms with Crippen molar-refractivity contribution in [3.05, 3.63) is 48.0 Å². The fourth-order valence-electron chi connectivity index (χ4n) is 2.33. The lowest BCUT2D eigenvalue weighted by atomic mass is 10.2. The first-order chi connectivity index (χ1) is 13.0. The molecule has 8 heteroatoms. The van der Waals surface area contributed by atoms with Crippen molar-refractivity contribution in [3.63, 3.8) is 0 Å². The van der Waals surface area contributed by atoms with E-state index < -0.39 is 11.9 Å². The van der Waals surface area contributed by atoms with Crippen molar-refractivity contribution in [3.8, 4) is 5.75 Å². The van der Waals surface area contributed by atoms with Crippen LogP contribution >= 0.6 is 11.8 Å². The zero-order valence-corrected chi connectivity index (χ0v) is 15.7. The maximum absolute atomic E-state index is 12.0. The maximum atomic E-state index is 12.0. The number of hydrogen-bond donors (Lipinski definition) is 1. The smallest absolute Gasteiger partial charge is 0.316 e. The number of aromatic nitrogens is 1. The molecule has 3 aromatic rings. The first-order valence-electron chi connectivity index (χ1n) is 8.13. The van der Waals surface area contributed by atoms with Crippen molar-refractivity contribution in [1.82, 2.24) is 4.98 Å². The minimum Gasteiger partial charge on any atom is -0.495 e. The number of hydrogen-bond acceptors (Lipinski definition) is 7. The highest BCUT2D eigenvalue weighted by molar-refractivity contribution is 7.99. The highest BCUT2D eigenvalue weighted by atomic mass is 32.2. The third-order valence-corrected chi connectivity index (χ3v) is 4.38. The Kier molecular flexibility index (Phi) is 5.97. The second kappa shape index (κ2) is 8.59. The number of oxazole rings is 1. The average molecular weight is 386 g/mol. The van der Waals surface area contributed by atoms with Crippen molar-refractivity contribution in [2.45, 2.75) is 12.1 Å². The molecule has 0 fully saturated rings. The van der Waals surface area contributed by atoms with Gasteiger partial charge in [0, 0.05) is 0 Å². The number of esters is 1.